The lowest BCUT2D eigenvalue weighted by Gasteiger charge is -2.14. The van der Waals surface area contributed by atoms with E-state index in [1.807, 2.05) is 49.7 Å². The third-order valence-electron chi connectivity index (χ3n) is 3.49. The average Bonchev–Trinajstić information content (AvgIpc) is 2.95. The van der Waals surface area contributed by atoms with E-state index in [4.69, 9.17) is 0 Å². The summed E-state index contributed by atoms with van der Waals surface area (Å²) in [6.07, 6.45) is 0. The summed E-state index contributed by atoms with van der Waals surface area (Å²) in [5.41, 5.74) is 4.38. The van der Waals surface area contributed by atoms with Gasteiger partial charge in [0.1, 0.15) is 0 Å². The van der Waals surface area contributed by atoms with Gasteiger partial charge in [-0.2, -0.15) is 0 Å². The molecule has 0 aliphatic carbocycles. The van der Waals surface area contributed by atoms with Crippen LogP contribution in [0, 0.1) is 20.8 Å². The lowest BCUT2D eigenvalue weighted by Crippen LogP contribution is -2.17. The van der Waals surface area contributed by atoms with Crippen LogP contribution in [0.15, 0.2) is 38.5 Å². The van der Waals surface area contributed by atoms with Gasteiger partial charge in [-0.15, -0.1) is 0 Å². The Morgan fingerprint density at radius 2 is 1.24 bits per heavy atom. The molecule has 0 fully saturated rings. The van der Waals surface area contributed by atoms with E-state index in [1.165, 1.54) is 22.7 Å². The van der Waals surface area contributed by atoms with Crippen LogP contribution >= 0.6 is 22.7 Å². The molecule has 0 radical (unpaired) electrons. The fraction of sp³-hybridized carbons (Fsp3) is 0.200. The molecule has 108 valence electrons. The van der Waals surface area contributed by atoms with Gasteiger partial charge in [0.25, 0.3) is 0 Å². The number of nitrogens with zero attached hydrogens (tertiary/aromatic N) is 2. The zero-order chi connectivity index (χ0) is 15.1. The first kappa shape index (κ1) is 14.0. The number of hydrogen-bond donors (Lipinski definition) is 0. The van der Waals surface area contributed by atoms with Gasteiger partial charge in [-0.3, -0.25) is 18.7 Å². The predicted molar refractivity (Wildman–Crippen MR) is 87.6 cm³/mol. The van der Waals surface area contributed by atoms with Crippen molar-refractivity contribution in [2.45, 2.75) is 20.8 Å². The van der Waals surface area contributed by atoms with Gasteiger partial charge in [0, 0.05) is 22.1 Å². The van der Waals surface area contributed by atoms with Crippen molar-refractivity contribution in [2.24, 2.45) is 0 Å². The molecule has 2 heterocycles. The molecule has 3 aromatic rings. The van der Waals surface area contributed by atoms with Crippen molar-refractivity contribution in [3.8, 4) is 11.4 Å². The fourth-order valence-corrected chi connectivity index (χ4v) is 3.89. The van der Waals surface area contributed by atoms with Crippen LogP contribution in [-0.2, 0) is 0 Å². The Morgan fingerprint density at radius 3 is 1.57 bits per heavy atom. The van der Waals surface area contributed by atoms with Crippen LogP contribution in [0.2, 0.25) is 0 Å². The molecule has 3 rings (SSSR count). The van der Waals surface area contributed by atoms with E-state index in [0.29, 0.717) is 0 Å². The van der Waals surface area contributed by atoms with Crippen molar-refractivity contribution in [1.82, 2.24) is 9.13 Å². The minimum absolute atomic E-state index is 0.0119. The number of thiazole rings is 2. The van der Waals surface area contributed by atoms with Crippen molar-refractivity contribution in [3.63, 3.8) is 0 Å². The van der Waals surface area contributed by atoms with Gasteiger partial charge in [-0.1, -0.05) is 28.7 Å². The van der Waals surface area contributed by atoms with Gasteiger partial charge in [-0.05, 0) is 38.5 Å². The molecular weight excluding hydrogens is 304 g/mol. The summed E-state index contributed by atoms with van der Waals surface area (Å²) in [6, 6.07) is 5.70. The van der Waals surface area contributed by atoms with E-state index >= 15 is 0 Å². The lowest BCUT2D eigenvalue weighted by molar-refractivity contribution is 0.933. The van der Waals surface area contributed by atoms with Gasteiger partial charge in [0.2, 0.25) is 0 Å². The molecule has 0 saturated heterocycles. The second-order valence-corrected chi connectivity index (χ2v) is 6.52. The molecule has 21 heavy (non-hydrogen) atoms. The predicted octanol–water partition coefficient (Wildman–Crippen LogP) is 3.04. The summed E-state index contributed by atoms with van der Waals surface area (Å²) in [5.74, 6) is 0. The summed E-state index contributed by atoms with van der Waals surface area (Å²) in [7, 11) is 0. The van der Waals surface area contributed by atoms with E-state index in [9.17, 15) is 9.59 Å². The van der Waals surface area contributed by atoms with Gasteiger partial charge >= 0.3 is 9.75 Å². The maximum absolute atomic E-state index is 12.0. The Kier molecular flexibility index (Phi) is 3.43. The summed E-state index contributed by atoms with van der Waals surface area (Å²) in [5, 5.41) is 3.69. The fourth-order valence-electron chi connectivity index (χ4n) is 2.44. The minimum atomic E-state index is -0.0119. The van der Waals surface area contributed by atoms with Crippen molar-refractivity contribution in [3.05, 3.63) is 65.2 Å². The van der Waals surface area contributed by atoms with Crippen LogP contribution in [0.3, 0.4) is 0 Å². The van der Waals surface area contributed by atoms with E-state index in [1.54, 1.807) is 9.13 Å². The number of benzene rings is 1. The van der Waals surface area contributed by atoms with Crippen LogP contribution in [0.1, 0.15) is 17.0 Å². The standard InChI is InChI=1S/C15H14N2O2S2/c1-9-7-20-14(18)16(9)12-5-4-6-13(11(12)3)17-10(2)8-21-15(17)19/h4-8H,1-3H3. The quantitative estimate of drug-likeness (QED) is 0.729. The Balaban J connectivity index is 2.31. The molecule has 2 aromatic heterocycles. The van der Waals surface area contributed by atoms with Crippen molar-refractivity contribution >= 4 is 22.7 Å². The van der Waals surface area contributed by atoms with Crippen LogP contribution in [-0.4, -0.2) is 9.13 Å². The molecule has 4 nitrogen and oxygen atoms in total. The molecule has 0 unspecified atom stereocenters. The van der Waals surface area contributed by atoms with Crippen molar-refractivity contribution in [2.75, 3.05) is 0 Å². The van der Waals surface area contributed by atoms with Crippen LogP contribution in [0.4, 0.5) is 0 Å². The van der Waals surface area contributed by atoms with Gasteiger partial charge in [0.05, 0.1) is 11.4 Å². The van der Waals surface area contributed by atoms with Crippen LogP contribution in [0.5, 0.6) is 0 Å². The summed E-state index contributed by atoms with van der Waals surface area (Å²) < 4.78 is 3.38. The molecule has 0 atom stereocenters. The summed E-state index contributed by atoms with van der Waals surface area (Å²) in [6.45, 7) is 5.76. The van der Waals surface area contributed by atoms with E-state index in [0.717, 1.165) is 28.3 Å². The molecule has 0 aliphatic rings. The largest absolute Gasteiger partial charge is 0.311 e. The third kappa shape index (κ3) is 2.20. The minimum Gasteiger partial charge on any atom is -0.272 e. The molecule has 0 saturated carbocycles. The lowest BCUT2D eigenvalue weighted by atomic mass is 10.1. The Labute approximate surface area is 129 Å². The van der Waals surface area contributed by atoms with Gasteiger partial charge in [0.15, 0.2) is 0 Å². The zero-order valence-electron chi connectivity index (χ0n) is 11.9. The Hall–Kier alpha value is -1.92. The number of hydrogen-bond acceptors (Lipinski definition) is 4. The Morgan fingerprint density at radius 1 is 0.810 bits per heavy atom. The summed E-state index contributed by atoms with van der Waals surface area (Å²) in [4.78, 5) is 24.1. The molecule has 0 amide bonds. The molecule has 0 N–H and O–H groups in total. The second kappa shape index (κ2) is 5.13. The molecular formula is C15H14N2O2S2. The van der Waals surface area contributed by atoms with E-state index in [-0.39, 0.29) is 9.75 Å². The number of rotatable bonds is 2. The molecule has 0 spiro atoms. The average molecular weight is 318 g/mol. The molecule has 0 aliphatic heterocycles. The zero-order valence-corrected chi connectivity index (χ0v) is 13.5. The second-order valence-electron chi connectivity index (χ2n) is 4.88. The highest BCUT2D eigenvalue weighted by Crippen LogP contribution is 2.23. The van der Waals surface area contributed by atoms with Crippen molar-refractivity contribution in [1.29, 1.82) is 0 Å². The highest BCUT2D eigenvalue weighted by Gasteiger charge is 2.14. The van der Waals surface area contributed by atoms with Crippen LogP contribution < -0.4 is 9.75 Å². The highest BCUT2D eigenvalue weighted by atomic mass is 32.1. The van der Waals surface area contributed by atoms with Crippen molar-refractivity contribution < 1.29 is 0 Å². The maximum Gasteiger partial charge on any atom is 0.311 e. The monoisotopic (exact) mass is 318 g/mol. The molecule has 0 bridgehead atoms. The first-order valence-electron chi connectivity index (χ1n) is 6.45. The first-order valence-corrected chi connectivity index (χ1v) is 8.21. The molecule has 1 aromatic carbocycles. The number of aryl methyl sites for hydroxylation is 2. The summed E-state index contributed by atoms with van der Waals surface area (Å²) >= 11 is 2.37. The number of aromatic nitrogens is 2. The molecule has 6 heteroatoms. The topological polar surface area (TPSA) is 44.0 Å². The first-order chi connectivity index (χ1) is 10.0. The van der Waals surface area contributed by atoms with Crippen LogP contribution in [0.25, 0.3) is 11.4 Å². The maximum atomic E-state index is 12.0. The Bertz CT molecular complexity index is 855. The normalized spacial score (nSPS) is 11.0. The van der Waals surface area contributed by atoms with Gasteiger partial charge in [-0.25, -0.2) is 0 Å². The third-order valence-corrected chi connectivity index (χ3v) is 5.18. The van der Waals surface area contributed by atoms with E-state index in [2.05, 4.69) is 0 Å². The van der Waals surface area contributed by atoms with Gasteiger partial charge < -0.3 is 0 Å². The highest BCUT2D eigenvalue weighted by molar-refractivity contribution is 7.07. The van der Waals surface area contributed by atoms with E-state index < -0.39 is 0 Å². The smallest absolute Gasteiger partial charge is 0.272 e. The SMILES string of the molecule is Cc1c(-n2c(C)csc2=O)cccc1-n1c(C)csc1=O.